The molecule has 0 bridgehead atoms. The highest BCUT2D eigenvalue weighted by Gasteiger charge is 2.23. The molecule has 152 valence electrons. The van der Waals surface area contributed by atoms with Gasteiger partial charge in [-0.1, -0.05) is 0 Å². The van der Waals surface area contributed by atoms with Gasteiger partial charge in [0, 0.05) is 77.5 Å². The van der Waals surface area contributed by atoms with Crippen molar-refractivity contribution in [2.75, 3.05) is 55.6 Å². The minimum absolute atomic E-state index is 0.0307. The number of hydrogen-bond acceptors (Lipinski definition) is 4. The molecule has 1 aromatic carbocycles. The first kappa shape index (κ1) is 20.2. The van der Waals surface area contributed by atoms with Crippen molar-refractivity contribution in [2.45, 2.75) is 33.1 Å². The van der Waals surface area contributed by atoms with Crippen molar-refractivity contribution in [2.24, 2.45) is 0 Å². The highest BCUT2D eigenvalue weighted by atomic mass is 16.2. The van der Waals surface area contributed by atoms with Crippen molar-refractivity contribution in [3.05, 3.63) is 24.3 Å². The summed E-state index contributed by atoms with van der Waals surface area (Å²) in [5, 5.41) is 0. The topological polar surface area (TPSA) is 64.2 Å². The molecule has 1 aromatic rings. The van der Waals surface area contributed by atoms with Crippen LogP contribution < -0.4 is 9.80 Å². The molecule has 0 atom stereocenters. The molecule has 3 rings (SSSR count). The lowest BCUT2D eigenvalue weighted by Crippen LogP contribution is -2.50. The van der Waals surface area contributed by atoms with E-state index in [9.17, 15) is 14.4 Å². The predicted molar refractivity (Wildman–Crippen MR) is 109 cm³/mol. The maximum Gasteiger partial charge on any atom is 0.224 e. The van der Waals surface area contributed by atoms with Crippen LogP contribution in [0.1, 0.15) is 33.1 Å². The Bertz CT molecular complexity index is 705. The normalized spacial score (nSPS) is 17.0. The molecule has 0 aliphatic carbocycles. The lowest BCUT2D eigenvalue weighted by Gasteiger charge is -2.34. The fraction of sp³-hybridized carbons (Fsp3) is 0.571. The highest BCUT2D eigenvalue weighted by molar-refractivity contribution is 5.92. The number of benzene rings is 1. The van der Waals surface area contributed by atoms with Crippen molar-refractivity contribution < 1.29 is 14.4 Å². The van der Waals surface area contributed by atoms with Gasteiger partial charge in [0.1, 0.15) is 0 Å². The molecular weight excluding hydrogens is 356 g/mol. The molecule has 3 amide bonds. The van der Waals surface area contributed by atoms with Crippen molar-refractivity contribution in [1.82, 2.24) is 9.80 Å². The Morgan fingerprint density at radius 2 is 1.43 bits per heavy atom. The average molecular weight is 386 g/mol. The van der Waals surface area contributed by atoms with E-state index in [2.05, 4.69) is 17.0 Å². The Hall–Kier alpha value is -2.57. The number of carbonyl (C=O) groups is 3. The molecule has 0 saturated carbocycles. The first-order valence-electron chi connectivity index (χ1n) is 10.1. The lowest BCUT2D eigenvalue weighted by molar-refractivity contribution is -0.138. The lowest BCUT2D eigenvalue weighted by atomic mass is 10.2. The van der Waals surface area contributed by atoms with Crippen LogP contribution in [0.2, 0.25) is 0 Å². The summed E-state index contributed by atoms with van der Waals surface area (Å²) in [6.07, 6.45) is 2.74. The molecule has 2 fully saturated rings. The second-order valence-corrected chi connectivity index (χ2v) is 7.52. The van der Waals surface area contributed by atoms with Crippen LogP contribution in [-0.2, 0) is 14.4 Å². The fourth-order valence-corrected chi connectivity index (χ4v) is 3.92. The van der Waals surface area contributed by atoms with Crippen molar-refractivity contribution in [3.63, 3.8) is 0 Å². The van der Waals surface area contributed by atoms with Crippen molar-refractivity contribution in [1.29, 1.82) is 0 Å². The summed E-state index contributed by atoms with van der Waals surface area (Å²) >= 11 is 0. The molecule has 28 heavy (non-hydrogen) atoms. The number of nitrogens with zero attached hydrogens (tertiary/aromatic N) is 4. The molecule has 0 aromatic heterocycles. The van der Waals surface area contributed by atoms with Gasteiger partial charge in [-0.3, -0.25) is 14.4 Å². The number of carbonyl (C=O) groups excluding carboxylic acids is 3. The molecule has 2 heterocycles. The van der Waals surface area contributed by atoms with Gasteiger partial charge in [0.05, 0.1) is 0 Å². The summed E-state index contributed by atoms with van der Waals surface area (Å²) in [4.78, 5) is 43.6. The molecule has 0 spiro atoms. The zero-order chi connectivity index (χ0) is 20.1. The first-order valence-corrected chi connectivity index (χ1v) is 10.1. The summed E-state index contributed by atoms with van der Waals surface area (Å²) in [5.41, 5.74) is 2.01. The Morgan fingerprint density at radius 3 is 1.96 bits per heavy atom. The van der Waals surface area contributed by atoms with E-state index in [0.29, 0.717) is 32.7 Å². The van der Waals surface area contributed by atoms with Crippen molar-refractivity contribution in [3.8, 4) is 0 Å². The Labute approximate surface area is 166 Å². The van der Waals surface area contributed by atoms with Crippen LogP contribution in [0.4, 0.5) is 11.4 Å². The second-order valence-electron chi connectivity index (χ2n) is 7.52. The zero-order valence-corrected chi connectivity index (χ0v) is 16.9. The van der Waals surface area contributed by atoms with Gasteiger partial charge in [0.15, 0.2) is 0 Å². The molecule has 0 N–H and O–H groups in total. The molecule has 2 aliphatic heterocycles. The average Bonchev–Trinajstić information content (AvgIpc) is 3.23. The first-order chi connectivity index (χ1) is 13.5. The van der Waals surface area contributed by atoms with E-state index in [4.69, 9.17) is 0 Å². The standard InChI is InChI=1S/C21H30N4O3/c1-17(26)22-13-15-24(16-14-22)21(28)9-12-25(18(2)27)20-7-5-19(6-8-20)23-10-3-4-11-23/h5-8H,3-4,9-16H2,1-2H3. The van der Waals surface area contributed by atoms with E-state index in [1.54, 1.807) is 21.6 Å². The highest BCUT2D eigenvalue weighted by Crippen LogP contribution is 2.24. The Kier molecular flexibility index (Phi) is 6.54. The van der Waals surface area contributed by atoms with Crippen LogP contribution in [0.5, 0.6) is 0 Å². The van der Waals surface area contributed by atoms with Crippen LogP contribution in [0.3, 0.4) is 0 Å². The monoisotopic (exact) mass is 386 g/mol. The van der Waals surface area contributed by atoms with E-state index >= 15 is 0 Å². The molecule has 0 unspecified atom stereocenters. The van der Waals surface area contributed by atoms with Gasteiger partial charge in [-0.25, -0.2) is 0 Å². The Balaban J connectivity index is 1.55. The summed E-state index contributed by atoms with van der Waals surface area (Å²) in [5.74, 6) is 0.0125. The molecule has 2 saturated heterocycles. The molecule has 7 nitrogen and oxygen atoms in total. The van der Waals surface area contributed by atoms with Crippen LogP contribution in [-0.4, -0.2) is 73.3 Å². The SMILES string of the molecule is CC(=O)N1CCN(C(=O)CCN(C(C)=O)c2ccc(N3CCCC3)cc2)CC1. The molecule has 2 aliphatic rings. The number of anilines is 2. The smallest absolute Gasteiger partial charge is 0.224 e. The Morgan fingerprint density at radius 1 is 0.857 bits per heavy atom. The summed E-state index contributed by atoms with van der Waals surface area (Å²) in [6.45, 7) is 7.89. The maximum atomic E-state index is 12.5. The number of piperazine rings is 1. The minimum Gasteiger partial charge on any atom is -0.372 e. The van der Waals surface area contributed by atoms with Gasteiger partial charge in [-0.2, -0.15) is 0 Å². The van der Waals surface area contributed by atoms with Gasteiger partial charge in [-0.15, -0.1) is 0 Å². The van der Waals surface area contributed by atoms with Crippen LogP contribution >= 0.6 is 0 Å². The predicted octanol–water partition coefficient (Wildman–Crippen LogP) is 1.72. The fourth-order valence-electron chi connectivity index (χ4n) is 3.92. The maximum absolute atomic E-state index is 12.5. The van der Waals surface area contributed by atoms with E-state index in [1.165, 1.54) is 25.5 Å². The van der Waals surface area contributed by atoms with Gasteiger partial charge >= 0.3 is 0 Å². The quantitative estimate of drug-likeness (QED) is 0.773. The minimum atomic E-state index is -0.0666. The number of hydrogen-bond donors (Lipinski definition) is 0. The third-order valence-electron chi connectivity index (χ3n) is 5.64. The van der Waals surface area contributed by atoms with Crippen molar-refractivity contribution >= 4 is 29.1 Å². The van der Waals surface area contributed by atoms with E-state index in [0.717, 1.165) is 18.8 Å². The van der Waals surface area contributed by atoms with Crippen LogP contribution in [0, 0.1) is 0 Å². The van der Waals surface area contributed by atoms with E-state index in [-0.39, 0.29) is 24.1 Å². The van der Waals surface area contributed by atoms with Gasteiger partial charge in [0.2, 0.25) is 17.7 Å². The third kappa shape index (κ3) is 4.82. The van der Waals surface area contributed by atoms with Gasteiger partial charge < -0.3 is 19.6 Å². The van der Waals surface area contributed by atoms with E-state index < -0.39 is 0 Å². The van der Waals surface area contributed by atoms with E-state index in [1.807, 2.05) is 12.1 Å². The second kappa shape index (κ2) is 9.08. The van der Waals surface area contributed by atoms with Crippen LogP contribution in [0.25, 0.3) is 0 Å². The van der Waals surface area contributed by atoms with Gasteiger partial charge in [0.25, 0.3) is 0 Å². The summed E-state index contributed by atoms with van der Waals surface area (Å²) in [7, 11) is 0. The molecule has 7 heteroatoms. The van der Waals surface area contributed by atoms with Crippen LogP contribution in [0.15, 0.2) is 24.3 Å². The largest absolute Gasteiger partial charge is 0.372 e. The van der Waals surface area contributed by atoms with Gasteiger partial charge in [-0.05, 0) is 37.1 Å². The summed E-state index contributed by atoms with van der Waals surface area (Å²) in [6, 6.07) is 8.04. The molecular formula is C21H30N4O3. The number of amides is 3. The molecule has 0 radical (unpaired) electrons. The zero-order valence-electron chi connectivity index (χ0n) is 16.9. The third-order valence-corrected chi connectivity index (χ3v) is 5.64. The summed E-state index contributed by atoms with van der Waals surface area (Å²) < 4.78 is 0. The number of rotatable bonds is 5.